The molecule has 0 aliphatic carbocycles. The molecule has 18 heavy (non-hydrogen) atoms. The van der Waals surface area contributed by atoms with Crippen LogP contribution in [0.5, 0.6) is 0 Å². The summed E-state index contributed by atoms with van der Waals surface area (Å²) in [5.74, 6) is -1.31. The normalized spacial score (nSPS) is 24.7. The van der Waals surface area contributed by atoms with Crippen LogP contribution in [-0.4, -0.2) is 74.8 Å². The molecule has 7 nitrogen and oxygen atoms in total. The van der Waals surface area contributed by atoms with Crippen LogP contribution in [0.3, 0.4) is 0 Å². The van der Waals surface area contributed by atoms with Crippen molar-refractivity contribution in [2.75, 3.05) is 39.8 Å². The van der Waals surface area contributed by atoms with Gasteiger partial charge in [0.25, 0.3) is 10.0 Å². The summed E-state index contributed by atoms with van der Waals surface area (Å²) in [7, 11) is -1.77. The van der Waals surface area contributed by atoms with Crippen LogP contribution in [0.4, 0.5) is 0 Å². The van der Waals surface area contributed by atoms with E-state index in [1.54, 1.807) is 0 Å². The lowest BCUT2D eigenvalue weighted by molar-refractivity contribution is -0.129. The third-order valence-electron chi connectivity index (χ3n) is 3.04. The van der Waals surface area contributed by atoms with Gasteiger partial charge in [-0.25, -0.2) is 4.79 Å². The fraction of sp³-hybridized carbons (Fsp3) is 0.600. The molecule has 1 fully saturated rings. The first kappa shape index (κ1) is 13.2. The number of aliphatic carboxylic acids is 1. The van der Waals surface area contributed by atoms with Gasteiger partial charge in [0, 0.05) is 32.7 Å². The van der Waals surface area contributed by atoms with Crippen molar-refractivity contribution in [3.05, 3.63) is 11.0 Å². The van der Waals surface area contributed by atoms with Gasteiger partial charge in [-0.05, 0) is 13.1 Å². The average molecular weight is 273 g/mol. The predicted octanol–water partition coefficient (Wildman–Crippen LogP) is -1.01. The first-order valence-electron chi connectivity index (χ1n) is 5.58. The number of piperazine rings is 1. The molecule has 0 radical (unpaired) electrons. The highest BCUT2D eigenvalue weighted by Gasteiger charge is 2.29. The minimum absolute atomic E-state index is 0.0736. The maximum Gasteiger partial charge on any atom is 0.355 e. The monoisotopic (exact) mass is 273 g/mol. The maximum absolute atomic E-state index is 11.7. The van der Waals surface area contributed by atoms with Gasteiger partial charge < -0.3 is 10.0 Å². The minimum Gasteiger partial charge on any atom is -0.476 e. The summed E-state index contributed by atoms with van der Waals surface area (Å²) in [6, 6.07) is 0. The second kappa shape index (κ2) is 4.79. The summed E-state index contributed by atoms with van der Waals surface area (Å²) in [5.41, 5.74) is -0.404. The molecule has 2 rings (SSSR count). The molecule has 0 bridgehead atoms. The van der Waals surface area contributed by atoms with Gasteiger partial charge >= 0.3 is 5.97 Å². The van der Waals surface area contributed by atoms with Crippen molar-refractivity contribution in [2.24, 2.45) is 4.40 Å². The summed E-state index contributed by atoms with van der Waals surface area (Å²) >= 11 is 0. The summed E-state index contributed by atoms with van der Waals surface area (Å²) in [4.78, 5) is 14.9. The molecule has 2 aliphatic rings. The Hall–Kier alpha value is -1.25. The molecule has 0 aromatic carbocycles. The Morgan fingerprint density at radius 2 is 2.00 bits per heavy atom. The van der Waals surface area contributed by atoms with E-state index in [9.17, 15) is 13.2 Å². The van der Waals surface area contributed by atoms with Gasteiger partial charge in [0.15, 0.2) is 5.71 Å². The van der Waals surface area contributed by atoms with Crippen LogP contribution in [0, 0.1) is 0 Å². The third kappa shape index (κ3) is 2.77. The Bertz CT molecular complexity index is 515. The zero-order chi connectivity index (χ0) is 13.3. The van der Waals surface area contributed by atoms with Crippen LogP contribution in [0.15, 0.2) is 15.4 Å². The lowest BCUT2D eigenvalue weighted by atomic mass is 10.3. The topological polar surface area (TPSA) is 90.3 Å². The lowest BCUT2D eigenvalue weighted by Crippen LogP contribution is -2.45. The van der Waals surface area contributed by atoms with Crippen molar-refractivity contribution in [1.82, 2.24) is 9.80 Å². The largest absolute Gasteiger partial charge is 0.476 e. The van der Waals surface area contributed by atoms with Crippen molar-refractivity contribution in [1.29, 1.82) is 0 Å². The summed E-state index contributed by atoms with van der Waals surface area (Å²) < 4.78 is 26.6. The fourth-order valence-electron chi connectivity index (χ4n) is 1.90. The Balaban J connectivity index is 2.07. The van der Waals surface area contributed by atoms with E-state index in [-0.39, 0.29) is 11.4 Å². The zero-order valence-corrected chi connectivity index (χ0v) is 10.9. The molecule has 8 heteroatoms. The number of nitrogens with zero attached hydrogens (tertiary/aromatic N) is 3. The molecule has 0 atom stereocenters. The molecule has 0 aromatic heterocycles. The molecule has 2 aliphatic heterocycles. The summed E-state index contributed by atoms with van der Waals surface area (Å²) in [6.07, 6.45) is 1.15. The molecule has 0 saturated carbocycles. The number of carboxylic acids is 1. The van der Waals surface area contributed by atoms with Gasteiger partial charge in [0.1, 0.15) is 0 Å². The van der Waals surface area contributed by atoms with E-state index in [0.29, 0.717) is 0 Å². The summed E-state index contributed by atoms with van der Waals surface area (Å²) in [5, 5.41) is 8.74. The van der Waals surface area contributed by atoms with E-state index in [4.69, 9.17) is 5.11 Å². The highest BCUT2D eigenvalue weighted by molar-refractivity contribution is 7.94. The van der Waals surface area contributed by atoms with E-state index in [0.717, 1.165) is 32.3 Å². The van der Waals surface area contributed by atoms with Crippen molar-refractivity contribution < 1.29 is 18.3 Å². The van der Waals surface area contributed by atoms with Gasteiger partial charge in [0.2, 0.25) is 0 Å². The molecule has 100 valence electrons. The van der Waals surface area contributed by atoms with Gasteiger partial charge in [-0.15, -0.1) is 0 Å². The second-order valence-corrected chi connectivity index (χ2v) is 6.10. The standard InChI is InChI=1S/C10H15N3O4S/c1-12-2-4-13(5-3-12)7-8-6-9(10(14)15)11-18(8,16)17/h6H,2-5,7H2,1H3,(H,14,15). The maximum atomic E-state index is 11.7. The van der Waals surface area contributed by atoms with E-state index >= 15 is 0 Å². The Morgan fingerprint density at radius 1 is 1.39 bits per heavy atom. The number of sulfonamides is 1. The number of hydrogen-bond acceptors (Lipinski definition) is 5. The summed E-state index contributed by atoms with van der Waals surface area (Å²) in [6.45, 7) is 3.52. The smallest absolute Gasteiger partial charge is 0.355 e. The van der Waals surface area contributed by atoms with Gasteiger partial charge in [0.05, 0.1) is 4.91 Å². The van der Waals surface area contributed by atoms with Crippen LogP contribution < -0.4 is 0 Å². The van der Waals surface area contributed by atoms with E-state index < -0.39 is 21.7 Å². The van der Waals surface area contributed by atoms with Crippen LogP contribution in [0.25, 0.3) is 0 Å². The van der Waals surface area contributed by atoms with E-state index in [1.807, 2.05) is 11.9 Å². The number of rotatable bonds is 3. The number of carboxylic acid groups (broad SMARTS) is 1. The first-order valence-corrected chi connectivity index (χ1v) is 7.02. The highest BCUT2D eigenvalue weighted by Crippen LogP contribution is 2.19. The molecule has 2 heterocycles. The second-order valence-electron chi connectivity index (χ2n) is 4.45. The zero-order valence-electron chi connectivity index (χ0n) is 10.0. The molecule has 0 spiro atoms. The van der Waals surface area contributed by atoms with Gasteiger partial charge in [-0.3, -0.25) is 4.90 Å². The number of hydrogen-bond donors (Lipinski definition) is 1. The molecular weight excluding hydrogens is 258 g/mol. The molecule has 0 unspecified atom stereocenters. The number of likely N-dealkylation sites (N-methyl/N-ethyl adjacent to an activating group) is 1. The lowest BCUT2D eigenvalue weighted by Gasteiger charge is -2.32. The Morgan fingerprint density at radius 3 is 2.50 bits per heavy atom. The van der Waals surface area contributed by atoms with Crippen LogP contribution in [0.1, 0.15) is 0 Å². The van der Waals surface area contributed by atoms with Crippen LogP contribution in [0.2, 0.25) is 0 Å². The van der Waals surface area contributed by atoms with Crippen LogP contribution in [-0.2, 0) is 14.8 Å². The highest BCUT2D eigenvalue weighted by atomic mass is 32.2. The van der Waals surface area contributed by atoms with E-state index in [2.05, 4.69) is 9.30 Å². The first-order chi connectivity index (χ1) is 8.38. The Kier molecular flexibility index (Phi) is 3.51. The van der Waals surface area contributed by atoms with Crippen molar-refractivity contribution in [2.45, 2.75) is 0 Å². The van der Waals surface area contributed by atoms with E-state index in [1.165, 1.54) is 0 Å². The molecular formula is C10H15N3O4S. The molecule has 1 saturated heterocycles. The molecule has 1 N–H and O–H groups in total. The van der Waals surface area contributed by atoms with Crippen molar-refractivity contribution >= 4 is 21.7 Å². The fourth-order valence-corrected chi connectivity index (χ4v) is 3.01. The number of carbonyl (C=O) groups is 1. The van der Waals surface area contributed by atoms with Crippen molar-refractivity contribution in [3.63, 3.8) is 0 Å². The predicted molar refractivity (Wildman–Crippen MR) is 66.0 cm³/mol. The van der Waals surface area contributed by atoms with Gasteiger partial charge in [-0.2, -0.15) is 12.8 Å². The SMILES string of the molecule is CN1CCN(CC2=CC(C(=O)O)=NS2(=O)=O)CC1. The molecule has 0 aromatic rings. The Labute approximate surface area is 105 Å². The van der Waals surface area contributed by atoms with Crippen molar-refractivity contribution in [3.8, 4) is 0 Å². The van der Waals surface area contributed by atoms with Crippen LogP contribution >= 0.6 is 0 Å². The van der Waals surface area contributed by atoms with Gasteiger partial charge in [-0.1, -0.05) is 0 Å². The molecule has 0 amide bonds. The average Bonchev–Trinajstić information content (AvgIpc) is 2.58. The third-order valence-corrected chi connectivity index (χ3v) is 4.39. The minimum atomic E-state index is -3.78. The quantitative estimate of drug-likeness (QED) is 0.708.